The lowest BCUT2D eigenvalue weighted by atomic mass is 9.94. The third kappa shape index (κ3) is 1.79. The monoisotopic (exact) mass is 310 g/mol. The fraction of sp³-hybridized carbons (Fsp3) is 0.0588. The number of thiocarbonyl (C=S) groups is 1. The molecule has 0 saturated heterocycles. The van der Waals surface area contributed by atoms with Crippen molar-refractivity contribution in [1.82, 2.24) is 10.6 Å². The molecule has 5 heteroatoms. The standard InChI is InChI=1S/C17H11FN2OS/c18-12-8-4-3-7-11(12)15-13-14(19-17(22)20-15)9-5-1-2-6-10(9)16(13)21/h1-8,15H,(H2,19,20,22)/t15-/m0/s1. The van der Waals surface area contributed by atoms with Crippen molar-refractivity contribution in [3.05, 3.63) is 76.6 Å². The Morgan fingerprint density at radius 2 is 1.68 bits per heavy atom. The lowest BCUT2D eigenvalue weighted by molar-refractivity contribution is 0.103. The van der Waals surface area contributed by atoms with Crippen molar-refractivity contribution >= 4 is 28.8 Å². The maximum Gasteiger partial charge on any atom is 0.194 e. The van der Waals surface area contributed by atoms with Gasteiger partial charge in [-0.05, 0) is 18.3 Å². The zero-order chi connectivity index (χ0) is 15.3. The van der Waals surface area contributed by atoms with E-state index in [2.05, 4.69) is 10.6 Å². The van der Waals surface area contributed by atoms with Crippen molar-refractivity contribution in [3.63, 3.8) is 0 Å². The molecule has 0 aromatic heterocycles. The van der Waals surface area contributed by atoms with Crippen LogP contribution in [-0.4, -0.2) is 10.9 Å². The summed E-state index contributed by atoms with van der Waals surface area (Å²) < 4.78 is 14.2. The summed E-state index contributed by atoms with van der Waals surface area (Å²) in [5.74, 6) is -0.457. The normalized spacial score (nSPS) is 19.4. The van der Waals surface area contributed by atoms with E-state index in [1.807, 2.05) is 18.2 Å². The molecule has 0 saturated carbocycles. The van der Waals surface area contributed by atoms with Gasteiger partial charge < -0.3 is 10.6 Å². The number of fused-ring (bicyclic) bond motifs is 2. The van der Waals surface area contributed by atoms with E-state index >= 15 is 0 Å². The molecule has 0 unspecified atom stereocenters. The third-order valence-corrected chi connectivity index (χ3v) is 4.19. The Kier molecular flexibility index (Phi) is 2.84. The molecule has 0 amide bonds. The summed E-state index contributed by atoms with van der Waals surface area (Å²) in [6.45, 7) is 0. The Balaban J connectivity index is 1.93. The van der Waals surface area contributed by atoms with Crippen molar-refractivity contribution < 1.29 is 9.18 Å². The van der Waals surface area contributed by atoms with Crippen molar-refractivity contribution in [3.8, 4) is 0 Å². The number of carbonyl (C=O) groups excluding carboxylic acids is 1. The lowest BCUT2D eigenvalue weighted by Crippen LogP contribution is -2.43. The SMILES string of the molecule is O=C1C2=C(NC(=S)N[C@H]2c2ccccc2F)c2ccccc21. The Morgan fingerprint density at radius 3 is 2.45 bits per heavy atom. The lowest BCUT2D eigenvalue weighted by Gasteiger charge is -2.28. The van der Waals surface area contributed by atoms with Crippen LogP contribution in [0.1, 0.15) is 27.5 Å². The number of Topliss-reactive ketones (excluding diaryl/α,β-unsaturated/α-hetero) is 1. The summed E-state index contributed by atoms with van der Waals surface area (Å²) in [5.41, 5.74) is 3.04. The molecule has 2 aromatic carbocycles. The van der Waals surface area contributed by atoms with Gasteiger partial charge in [-0.25, -0.2) is 4.39 Å². The van der Waals surface area contributed by atoms with E-state index in [4.69, 9.17) is 12.2 Å². The van der Waals surface area contributed by atoms with Crippen LogP contribution >= 0.6 is 12.2 Å². The van der Waals surface area contributed by atoms with Gasteiger partial charge in [0.1, 0.15) is 5.82 Å². The molecule has 1 atom stereocenters. The molecule has 2 aliphatic rings. The quantitative estimate of drug-likeness (QED) is 0.795. The van der Waals surface area contributed by atoms with Crippen LogP contribution in [0.2, 0.25) is 0 Å². The van der Waals surface area contributed by atoms with Crippen LogP contribution < -0.4 is 10.6 Å². The predicted molar refractivity (Wildman–Crippen MR) is 85.7 cm³/mol. The van der Waals surface area contributed by atoms with Crippen molar-refractivity contribution in [2.75, 3.05) is 0 Å². The molecule has 3 nitrogen and oxygen atoms in total. The molecular weight excluding hydrogens is 299 g/mol. The largest absolute Gasteiger partial charge is 0.351 e. The smallest absolute Gasteiger partial charge is 0.194 e. The summed E-state index contributed by atoms with van der Waals surface area (Å²) in [5, 5.41) is 6.44. The molecule has 0 spiro atoms. The van der Waals surface area contributed by atoms with E-state index in [1.165, 1.54) is 6.07 Å². The second-order valence-electron chi connectivity index (χ2n) is 5.22. The summed E-state index contributed by atoms with van der Waals surface area (Å²) in [6.07, 6.45) is 0. The van der Waals surface area contributed by atoms with Gasteiger partial charge in [-0.15, -0.1) is 0 Å². The fourth-order valence-electron chi connectivity index (χ4n) is 3.01. The summed E-state index contributed by atoms with van der Waals surface area (Å²) in [7, 11) is 0. The fourth-order valence-corrected chi connectivity index (χ4v) is 3.23. The van der Waals surface area contributed by atoms with Gasteiger partial charge in [0, 0.05) is 16.7 Å². The number of hydrogen-bond acceptors (Lipinski definition) is 2. The number of nitrogens with one attached hydrogen (secondary N) is 2. The van der Waals surface area contributed by atoms with Gasteiger partial charge in [0.05, 0.1) is 17.3 Å². The number of carbonyl (C=O) groups is 1. The molecule has 2 N–H and O–H groups in total. The van der Waals surface area contributed by atoms with Gasteiger partial charge in [0.2, 0.25) is 0 Å². The maximum atomic E-state index is 14.2. The van der Waals surface area contributed by atoms with E-state index in [0.29, 0.717) is 27.5 Å². The molecule has 0 bridgehead atoms. The molecule has 22 heavy (non-hydrogen) atoms. The minimum absolute atomic E-state index is 0.0960. The first-order chi connectivity index (χ1) is 10.7. The van der Waals surface area contributed by atoms with Crippen LogP contribution in [0.4, 0.5) is 4.39 Å². The zero-order valence-electron chi connectivity index (χ0n) is 11.4. The van der Waals surface area contributed by atoms with E-state index in [9.17, 15) is 9.18 Å². The summed E-state index contributed by atoms with van der Waals surface area (Å²) in [4.78, 5) is 12.7. The van der Waals surface area contributed by atoms with Gasteiger partial charge in [0.15, 0.2) is 10.9 Å². The van der Waals surface area contributed by atoms with E-state index in [0.717, 1.165) is 5.56 Å². The van der Waals surface area contributed by atoms with Gasteiger partial charge in [-0.2, -0.15) is 0 Å². The van der Waals surface area contributed by atoms with E-state index < -0.39 is 6.04 Å². The molecule has 1 aliphatic carbocycles. The highest BCUT2D eigenvalue weighted by Gasteiger charge is 2.39. The van der Waals surface area contributed by atoms with E-state index in [1.54, 1.807) is 24.3 Å². The Morgan fingerprint density at radius 1 is 1.00 bits per heavy atom. The Bertz CT molecular complexity index is 859. The van der Waals surface area contributed by atoms with Crippen molar-refractivity contribution in [2.45, 2.75) is 6.04 Å². The second-order valence-corrected chi connectivity index (χ2v) is 5.62. The summed E-state index contributed by atoms with van der Waals surface area (Å²) in [6, 6.07) is 13.2. The highest BCUT2D eigenvalue weighted by Crippen LogP contribution is 2.40. The maximum absolute atomic E-state index is 14.2. The first-order valence-corrected chi connectivity index (χ1v) is 7.28. The minimum atomic E-state index is -0.579. The Hall–Kier alpha value is -2.53. The Labute approximate surface area is 131 Å². The molecule has 0 fully saturated rings. The van der Waals surface area contributed by atoms with Gasteiger partial charge in [-0.1, -0.05) is 42.5 Å². The molecule has 2 aromatic rings. The van der Waals surface area contributed by atoms with Crippen LogP contribution in [0, 0.1) is 5.82 Å². The number of halogens is 1. The average Bonchev–Trinajstić information content (AvgIpc) is 2.81. The first-order valence-electron chi connectivity index (χ1n) is 6.87. The molecule has 108 valence electrons. The molecule has 4 rings (SSSR count). The van der Waals surface area contributed by atoms with Crippen LogP contribution in [0.25, 0.3) is 5.70 Å². The highest BCUT2D eigenvalue weighted by atomic mass is 32.1. The molecular formula is C17H11FN2OS. The van der Waals surface area contributed by atoms with Crippen LogP contribution in [-0.2, 0) is 0 Å². The van der Waals surface area contributed by atoms with Crippen LogP contribution in [0.15, 0.2) is 54.1 Å². The van der Waals surface area contributed by atoms with Crippen molar-refractivity contribution in [2.24, 2.45) is 0 Å². The molecule has 1 heterocycles. The number of ketones is 1. The first kappa shape index (κ1) is 13.2. The average molecular weight is 310 g/mol. The predicted octanol–water partition coefficient (Wildman–Crippen LogP) is 2.95. The minimum Gasteiger partial charge on any atom is -0.351 e. The zero-order valence-corrected chi connectivity index (χ0v) is 12.2. The second kappa shape index (κ2) is 4.74. The number of benzene rings is 2. The van der Waals surface area contributed by atoms with Crippen LogP contribution in [0.3, 0.4) is 0 Å². The van der Waals surface area contributed by atoms with Gasteiger partial charge >= 0.3 is 0 Å². The topological polar surface area (TPSA) is 41.1 Å². The summed E-state index contributed by atoms with van der Waals surface area (Å²) >= 11 is 5.23. The van der Waals surface area contributed by atoms with E-state index in [-0.39, 0.29) is 11.6 Å². The molecule has 1 aliphatic heterocycles. The third-order valence-electron chi connectivity index (χ3n) is 3.97. The van der Waals surface area contributed by atoms with Crippen molar-refractivity contribution in [1.29, 1.82) is 0 Å². The molecule has 0 radical (unpaired) electrons. The number of hydrogen-bond donors (Lipinski definition) is 2. The van der Waals surface area contributed by atoms with Crippen LogP contribution in [0.5, 0.6) is 0 Å². The van der Waals surface area contributed by atoms with Gasteiger partial charge in [0.25, 0.3) is 0 Å². The van der Waals surface area contributed by atoms with Gasteiger partial charge in [-0.3, -0.25) is 4.79 Å². The highest BCUT2D eigenvalue weighted by molar-refractivity contribution is 7.80. The number of rotatable bonds is 1.